The quantitative estimate of drug-likeness (QED) is 0.757. The zero-order valence-corrected chi connectivity index (χ0v) is 14.2. The fraction of sp³-hybridized carbons (Fsp3) is 0.316. The molecule has 25 heavy (non-hydrogen) atoms. The van der Waals surface area contributed by atoms with Crippen molar-refractivity contribution >= 4 is 11.9 Å². The minimum absolute atomic E-state index is 0.0796. The van der Waals surface area contributed by atoms with E-state index in [4.69, 9.17) is 9.84 Å². The van der Waals surface area contributed by atoms with Gasteiger partial charge in [0.2, 0.25) is 0 Å². The van der Waals surface area contributed by atoms with Crippen molar-refractivity contribution in [3.8, 4) is 0 Å². The highest BCUT2D eigenvalue weighted by molar-refractivity contribution is 5.94. The highest BCUT2D eigenvalue weighted by atomic mass is 16.5. The number of benzene rings is 1. The highest BCUT2D eigenvalue weighted by Crippen LogP contribution is 2.08. The molecule has 0 unspecified atom stereocenters. The molecule has 6 nitrogen and oxygen atoms in total. The van der Waals surface area contributed by atoms with Crippen LogP contribution in [-0.2, 0) is 11.2 Å². The number of aromatic nitrogens is 1. The van der Waals surface area contributed by atoms with Crippen molar-refractivity contribution in [3.63, 3.8) is 0 Å². The zero-order valence-electron chi connectivity index (χ0n) is 14.2. The van der Waals surface area contributed by atoms with Crippen LogP contribution in [0.2, 0.25) is 0 Å². The number of hydrogen-bond donors (Lipinski definition) is 1. The van der Waals surface area contributed by atoms with Gasteiger partial charge in [-0.1, -0.05) is 30.3 Å². The van der Waals surface area contributed by atoms with E-state index in [1.807, 2.05) is 18.2 Å². The van der Waals surface area contributed by atoms with E-state index in [9.17, 15) is 9.59 Å². The molecule has 0 saturated carbocycles. The van der Waals surface area contributed by atoms with Crippen molar-refractivity contribution in [2.24, 2.45) is 0 Å². The summed E-state index contributed by atoms with van der Waals surface area (Å²) >= 11 is 0. The van der Waals surface area contributed by atoms with E-state index in [1.54, 1.807) is 12.0 Å². The number of pyridine rings is 1. The van der Waals surface area contributed by atoms with Gasteiger partial charge in [-0.05, 0) is 30.5 Å². The van der Waals surface area contributed by atoms with Gasteiger partial charge in [-0.25, -0.2) is 9.78 Å². The Morgan fingerprint density at radius 1 is 1.12 bits per heavy atom. The molecule has 1 heterocycles. The minimum atomic E-state index is -1.11. The van der Waals surface area contributed by atoms with Crippen LogP contribution in [0.3, 0.4) is 0 Å². The van der Waals surface area contributed by atoms with Crippen LogP contribution in [0.4, 0.5) is 0 Å². The Kier molecular flexibility index (Phi) is 7.10. The number of aryl methyl sites for hydroxylation is 1. The first kappa shape index (κ1) is 18.6. The van der Waals surface area contributed by atoms with E-state index in [-0.39, 0.29) is 11.6 Å². The number of nitrogens with zero attached hydrogens (tertiary/aromatic N) is 2. The van der Waals surface area contributed by atoms with Gasteiger partial charge >= 0.3 is 5.97 Å². The number of methoxy groups -OCH3 is 1. The van der Waals surface area contributed by atoms with E-state index >= 15 is 0 Å². The summed E-state index contributed by atoms with van der Waals surface area (Å²) in [6, 6.07) is 12.9. The van der Waals surface area contributed by atoms with Crippen LogP contribution < -0.4 is 0 Å². The number of aromatic carboxylic acids is 1. The van der Waals surface area contributed by atoms with Gasteiger partial charge in [-0.15, -0.1) is 0 Å². The van der Waals surface area contributed by atoms with Gasteiger partial charge in [-0.3, -0.25) is 4.79 Å². The normalized spacial score (nSPS) is 10.4. The van der Waals surface area contributed by atoms with E-state index in [0.29, 0.717) is 25.3 Å². The Labute approximate surface area is 147 Å². The van der Waals surface area contributed by atoms with Crippen LogP contribution in [0.1, 0.15) is 32.8 Å². The molecule has 0 spiro atoms. The molecule has 2 rings (SSSR count). The first-order valence-electron chi connectivity index (χ1n) is 8.13. The number of ether oxygens (including phenoxy) is 1. The predicted octanol–water partition coefficient (Wildman–Crippen LogP) is 2.50. The van der Waals surface area contributed by atoms with E-state index in [2.05, 4.69) is 17.1 Å². The average molecular weight is 342 g/mol. The lowest BCUT2D eigenvalue weighted by molar-refractivity contribution is 0.0677. The SMILES string of the molecule is COCCN(CCCc1ccccc1)C(=O)c1ccc(C(=O)O)nc1. The summed E-state index contributed by atoms with van der Waals surface area (Å²) < 4.78 is 5.09. The highest BCUT2D eigenvalue weighted by Gasteiger charge is 2.16. The van der Waals surface area contributed by atoms with E-state index < -0.39 is 5.97 Å². The predicted molar refractivity (Wildman–Crippen MR) is 93.7 cm³/mol. The van der Waals surface area contributed by atoms with Gasteiger partial charge in [-0.2, -0.15) is 0 Å². The third kappa shape index (κ3) is 5.69. The summed E-state index contributed by atoms with van der Waals surface area (Å²) in [4.78, 5) is 29.0. The molecule has 1 N–H and O–H groups in total. The topological polar surface area (TPSA) is 79.7 Å². The molecule has 0 radical (unpaired) electrons. The van der Waals surface area contributed by atoms with Gasteiger partial charge in [0.15, 0.2) is 0 Å². The lowest BCUT2D eigenvalue weighted by atomic mass is 10.1. The smallest absolute Gasteiger partial charge is 0.354 e. The maximum absolute atomic E-state index is 12.7. The molecular weight excluding hydrogens is 320 g/mol. The monoisotopic (exact) mass is 342 g/mol. The second-order valence-electron chi connectivity index (χ2n) is 5.61. The van der Waals surface area contributed by atoms with Crippen LogP contribution in [0.5, 0.6) is 0 Å². The molecule has 0 aliphatic carbocycles. The summed E-state index contributed by atoms with van der Waals surface area (Å²) in [6.07, 6.45) is 3.02. The van der Waals surface area contributed by atoms with Crippen molar-refractivity contribution in [1.29, 1.82) is 0 Å². The summed E-state index contributed by atoms with van der Waals surface area (Å²) in [5.41, 5.74) is 1.53. The number of amides is 1. The van der Waals surface area contributed by atoms with Crippen LogP contribution in [0.25, 0.3) is 0 Å². The largest absolute Gasteiger partial charge is 0.477 e. The summed E-state index contributed by atoms with van der Waals surface area (Å²) in [5, 5.41) is 8.89. The number of carboxylic acids is 1. The van der Waals surface area contributed by atoms with Gasteiger partial charge in [0.25, 0.3) is 5.91 Å². The Balaban J connectivity index is 1.99. The maximum atomic E-state index is 12.7. The molecule has 0 saturated heterocycles. The Morgan fingerprint density at radius 2 is 1.88 bits per heavy atom. The number of rotatable bonds is 9. The second-order valence-corrected chi connectivity index (χ2v) is 5.61. The van der Waals surface area contributed by atoms with Crippen LogP contribution in [-0.4, -0.2) is 53.7 Å². The fourth-order valence-electron chi connectivity index (χ4n) is 2.46. The van der Waals surface area contributed by atoms with Gasteiger partial charge in [0, 0.05) is 26.4 Å². The molecule has 132 valence electrons. The molecule has 0 fully saturated rings. The molecule has 0 aliphatic heterocycles. The molecular formula is C19H22N2O4. The number of hydrogen-bond acceptors (Lipinski definition) is 4. The summed E-state index contributed by atoms with van der Waals surface area (Å²) in [7, 11) is 1.59. The zero-order chi connectivity index (χ0) is 18.1. The molecule has 0 bridgehead atoms. The van der Waals surface area contributed by atoms with Crippen molar-refractivity contribution in [2.45, 2.75) is 12.8 Å². The molecule has 0 atom stereocenters. The Morgan fingerprint density at radius 3 is 2.48 bits per heavy atom. The van der Waals surface area contributed by atoms with Gasteiger partial charge in [0.05, 0.1) is 12.2 Å². The fourth-order valence-corrected chi connectivity index (χ4v) is 2.46. The average Bonchev–Trinajstić information content (AvgIpc) is 2.65. The lowest BCUT2D eigenvalue weighted by Crippen LogP contribution is -2.35. The summed E-state index contributed by atoms with van der Waals surface area (Å²) in [6.45, 7) is 1.51. The first-order valence-corrected chi connectivity index (χ1v) is 8.13. The molecule has 1 aromatic heterocycles. The molecule has 1 aromatic carbocycles. The number of carboxylic acid groups (broad SMARTS) is 1. The molecule has 6 heteroatoms. The van der Waals surface area contributed by atoms with Crippen molar-refractivity contribution in [2.75, 3.05) is 26.8 Å². The standard InChI is InChI=1S/C19H22N2O4/c1-25-13-12-21(11-5-8-15-6-3-2-4-7-15)18(22)16-9-10-17(19(23)24)20-14-16/h2-4,6-7,9-10,14H,5,8,11-13H2,1H3,(H,23,24). The van der Waals surface area contributed by atoms with Crippen LogP contribution in [0.15, 0.2) is 48.7 Å². The number of carbonyl (C=O) groups is 2. The third-order valence-electron chi connectivity index (χ3n) is 3.82. The van der Waals surface area contributed by atoms with Crippen molar-refractivity contribution in [3.05, 3.63) is 65.5 Å². The van der Waals surface area contributed by atoms with Crippen molar-refractivity contribution < 1.29 is 19.4 Å². The number of carbonyl (C=O) groups excluding carboxylic acids is 1. The van der Waals surface area contributed by atoms with Crippen LogP contribution >= 0.6 is 0 Å². The molecule has 2 aromatic rings. The van der Waals surface area contributed by atoms with Crippen molar-refractivity contribution in [1.82, 2.24) is 9.88 Å². The first-order chi connectivity index (χ1) is 12.1. The van der Waals surface area contributed by atoms with Gasteiger partial charge in [0.1, 0.15) is 5.69 Å². The Hall–Kier alpha value is -2.73. The van der Waals surface area contributed by atoms with E-state index in [0.717, 1.165) is 12.8 Å². The van der Waals surface area contributed by atoms with E-state index in [1.165, 1.54) is 23.9 Å². The molecule has 0 aliphatic rings. The third-order valence-corrected chi connectivity index (χ3v) is 3.82. The maximum Gasteiger partial charge on any atom is 0.354 e. The van der Waals surface area contributed by atoms with Crippen LogP contribution in [0, 0.1) is 0 Å². The Bertz CT molecular complexity index is 686. The lowest BCUT2D eigenvalue weighted by Gasteiger charge is -2.22. The summed E-state index contributed by atoms with van der Waals surface area (Å²) in [5.74, 6) is -1.28. The van der Waals surface area contributed by atoms with Gasteiger partial charge < -0.3 is 14.7 Å². The second kappa shape index (κ2) is 9.54. The molecule has 1 amide bonds. The minimum Gasteiger partial charge on any atom is -0.477 e.